The largest absolute Gasteiger partial charge is 0.494 e. The molecule has 1 aromatic carbocycles. The zero-order valence-electron chi connectivity index (χ0n) is 9.92. The van der Waals surface area contributed by atoms with E-state index in [9.17, 15) is 0 Å². The molecule has 2 heteroatoms. The second-order valence-electron chi connectivity index (χ2n) is 3.85. The Hall–Kier alpha value is -1.02. The number of nitrogens with two attached hydrogens (primary N) is 1. The molecule has 0 amide bonds. The van der Waals surface area contributed by atoms with E-state index in [0.717, 1.165) is 25.2 Å². The van der Waals surface area contributed by atoms with Crippen LogP contribution >= 0.6 is 0 Å². The van der Waals surface area contributed by atoms with Crippen LogP contribution in [0.15, 0.2) is 18.2 Å². The molecule has 0 saturated carbocycles. The lowest BCUT2D eigenvalue weighted by Gasteiger charge is -2.13. The first-order valence-electron chi connectivity index (χ1n) is 5.70. The SMILES string of the molecule is CCCOc1ccc(C(C)N)c(CC)c1. The fraction of sp³-hybridized carbons (Fsp3) is 0.538. The van der Waals surface area contributed by atoms with Crippen molar-refractivity contribution in [2.45, 2.75) is 39.7 Å². The summed E-state index contributed by atoms with van der Waals surface area (Å²) in [6.07, 6.45) is 2.04. The fourth-order valence-electron chi connectivity index (χ4n) is 1.64. The van der Waals surface area contributed by atoms with Crippen molar-refractivity contribution in [2.24, 2.45) is 5.73 Å². The van der Waals surface area contributed by atoms with E-state index in [1.807, 2.05) is 13.0 Å². The van der Waals surface area contributed by atoms with Gasteiger partial charge in [0.05, 0.1) is 6.61 Å². The average Bonchev–Trinajstić information content (AvgIpc) is 2.25. The molecule has 2 N–H and O–H groups in total. The highest BCUT2D eigenvalue weighted by Crippen LogP contribution is 2.22. The third kappa shape index (κ3) is 3.24. The summed E-state index contributed by atoms with van der Waals surface area (Å²) in [5.74, 6) is 0.957. The molecule has 0 bridgehead atoms. The molecular weight excluding hydrogens is 186 g/mol. The topological polar surface area (TPSA) is 35.2 Å². The highest BCUT2D eigenvalue weighted by Gasteiger charge is 2.06. The normalized spacial score (nSPS) is 12.5. The van der Waals surface area contributed by atoms with Gasteiger partial charge in [-0.1, -0.05) is 19.9 Å². The molecule has 84 valence electrons. The predicted molar refractivity (Wildman–Crippen MR) is 64.2 cm³/mol. The maximum absolute atomic E-state index is 5.90. The molecule has 1 rings (SSSR count). The van der Waals surface area contributed by atoms with Crippen molar-refractivity contribution in [3.8, 4) is 5.75 Å². The Kier molecular flexibility index (Phi) is 4.63. The summed E-state index contributed by atoms with van der Waals surface area (Å²) in [6.45, 7) is 7.05. The number of benzene rings is 1. The maximum atomic E-state index is 5.90. The Labute approximate surface area is 92.4 Å². The van der Waals surface area contributed by atoms with Crippen molar-refractivity contribution in [3.05, 3.63) is 29.3 Å². The average molecular weight is 207 g/mol. The molecule has 0 fully saturated rings. The van der Waals surface area contributed by atoms with Gasteiger partial charge in [-0.25, -0.2) is 0 Å². The molecule has 1 atom stereocenters. The molecule has 0 aromatic heterocycles. The van der Waals surface area contributed by atoms with Crippen molar-refractivity contribution in [1.29, 1.82) is 0 Å². The van der Waals surface area contributed by atoms with E-state index in [0.29, 0.717) is 0 Å². The molecule has 2 nitrogen and oxygen atoms in total. The summed E-state index contributed by atoms with van der Waals surface area (Å²) in [4.78, 5) is 0. The maximum Gasteiger partial charge on any atom is 0.119 e. The van der Waals surface area contributed by atoms with Crippen molar-refractivity contribution in [3.63, 3.8) is 0 Å². The van der Waals surface area contributed by atoms with Gasteiger partial charge in [-0.15, -0.1) is 0 Å². The van der Waals surface area contributed by atoms with Crippen LogP contribution in [0.4, 0.5) is 0 Å². The van der Waals surface area contributed by atoms with E-state index in [1.165, 1.54) is 11.1 Å². The minimum Gasteiger partial charge on any atom is -0.494 e. The number of hydrogen-bond donors (Lipinski definition) is 1. The molecule has 0 aliphatic heterocycles. The summed E-state index contributed by atoms with van der Waals surface area (Å²) in [5.41, 5.74) is 8.41. The summed E-state index contributed by atoms with van der Waals surface area (Å²) in [5, 5.41) is 0. The van der Waals surface area contributed by atoms with Gasteiger partial charge in [0.2, 0.25) is 0 Å². The Morgan fingerprint density at radius 3 is 2.60 bits per heavy atom. The highest BCUT2D eigenvalue weighted by atomic mass is 16.5. The molecule has 0 aliphatic rings. The molecular formula is C13H21NO. The van der Waals surface area contributed by atoms with E-state index in [-0.39, 0.29) is 6.04 Å². The molecule has 15 heavy (non-hydrogen) atoms. The first kappa shape index (κ1) is 12.1. The van der Waals surface area contributed by atoms with E-state index in [2.05, 4.69) is 26.0 Å². The Balaban J connectivity index is 2.87. The van der Waals surface area contributed by atoms with E-state index in [4.69, 9.17) is 10.5 Å². The Bertz CT molecular complexity index is 307. The third-order valence-corrected chi connectivity index (χ3v) is 2.46. The zero-order chi connectivity index (χ0) is 11.3. The summed E-state index contributed by atoms with van der Waals surface area (Å²) in [7, 11) is 0. The van der Waals surface area contributed by atoms with E-state index < -0.39 is 0 Å². The predicted octanol–water partition coefficient (Wildman–Crippen LogP) is 3.06. The minimum absolute atomic E-state index is 0.0974. The number of aryl methyl sites for hydroxylation is 1. The van der Waals surface area contributed by atoms with Crippen LogP contribution < -0.4 is 10.5 Å². The first-order valence-corrected chi connectivity index (χ1v) is 5.70. The van der Waals surface area contributed by atoms with Gasteiger partial charge in [0, 0.05) is 6.04 Å². The molecule has 1 unspecified atom stereocenters. The lowest BCUT2D eigenvalue weighted by molar-refractivity contribution is 0.317. The second-order valence-corrected chi connectivity index (χ2v) is 3.85. The molecule has 1 aromatic rings. The van der Waals surface area contributed by atoms with Crippen molar-refractivity contribution >= 4 is 0 Å². The van der Waals surface area contributed by atoms with Crippen LogP contribution in [0.2, 0.25) is 0 Å². The fourth-order valence-corrected chi connectivity index (χ4v) is 1.64. The van der Waals surface area contributed by atoms with Crippen LogP contribution in [-0.4, -0.2) is 6.61 Å². The van der Waals surface area contributed by atoms with Gasteiger partial charge in [-0.3, -0.25) is 0 Å². The van der Waals surface area contributed by atoms with Gasteiger partial charge >= 0.3 is 0 Å². The van der Waals surface area contributed by atoms with Gasteiger partial charge in [0.25, 0.3) is 0 Å². The van der Waals surface area contributed by atoms with Crippen LogP contribution in [-0.2, 0) is 6.42 Å². The molecule has 0 spiro atoms. The Morgan fingerprint density at radius 2 is 2.07 bits per heavy atom. The smallest absolute Gasteiger partial charge is 0.119 e. The van der Waals surface area contributed by atoms with Crippen LogP contribution in [0.3, 0.4) is 0 Å². The Morgan fingerprint density at radius 1 is 1.33 bits per heavy atom. The van der Waals surface area contributed by atoms with Crippen LogP contribution in [0, 0.1) is 0 Å². The summed E-state index contributed by atoms with van der Waals surface area (Å²) in [6, 6.07) is 6.29. The number of ether oxygens (including phenoxy) is 1. The monoisotopic (exact) mass is 207 g/mol. The van der Waals surface area contributed by atoms with Crippen molar-refractivity contribution < 1.29 is 4.74 Å². The van der Waals surface area contributed by atoms with Crippen LogP contribution in [0.1, 0.15) is 44.4 Å². The third-order valence-electron chi connectivity index (χ3n) is 2.46. The first-order chi connectivity index (χ1) is 7.19. The number of hydrogen-bond acceptors (Lipinski definition) is 2. The van der Waals surface area contributed by atoms with Crippen molar-refractivity contribution in [2.75, 3.05) is 6.61 Å². The van der Waals surface area contributed by atoms with E-state index in [1.54, 1.807) is 0 Å². The second kappa shape index (κ2) is 5.76. The standard InChI is InChI=1S/C13H21NO/c1-4-8-15-12-6-7-13(10(3)14)11(5-2)9-12/h6-7,9-10H,4-5,8,14H2,1-3H3. The zero-order valence-corrected chi connectivity index (χ0v) is 9.92. The lowest BCUT2D eigenvalue weighted by Crippen LogP contribution is -2.08. The van der Waals surface area contributed by atoms with Gasteiger partial charge in [-0.05, 0) is 43.0 Å². The minimum atomic E-state index is 0.0974. The lowest BCUT2D eigenvalue weighted by atomic mass is 10.00. The van der Waals surface area contributed by atoms with E-state index >= 15 is 0 Å². The molecule has 0 heterocycles. The van der Waals surface area contributed by atoms with Crippen LogP contribution in [0.5, 0.6) is 5.75 Å². The van der Waals surface area contributed by atoms with Gasteiger partial charge in [0.1, 0.15) is 5.75 Å². The summed E-state index contributed by atoms with van der Waals surface area (Å²) >= 11 is 0. The molecule has 0 aliphatic carbocycles. The highest BCUT2D eigenvalue weighted by molar-refractivity contribution is 5.37. The van der Waals surface area contributed by atoms with Gasteiger partial charge < -0.3 is 10.5 Å². The van der Waals surface area contributed by atoms with Crippen molar-refractivity contribution in [1.82, 2.24) is 0 Å². The quantitative estimate of drug-likeness (QED) is 0.805. The molecule has 0 radical (unpaired) electrons. The van der Waals surface area contributed by atoms with Crippen LogP contribution in [0.25, 0.3) is 0 Å². The molecule has 0 saturated heterocycles. The van der Waals surface area contributed by atoms with Gasteiger partial charge in [0.15, 0.2) is 0 Å². The van der Waals surface area contributed by atoms with Gasteiger partial charge in [-0.2, -0.15) is 0 Å². The number of rotatable bonds is 5. The summed E-state index contributed by atoms with van der Waals surface area (Å²) < 4.78 is 5.59.